The smallest absolute Gasteiger partial charge is 0.378 e. The van der Waals surface area contributed by atoms with E-state index in [1.807, 2.05) is 12.2 Å². The average Bonchev–Trinajstić information content (AvgIpc) is 2.83. The van der Waals surface area contributed by atoms with E-state index < -0.39 is 10.9 Å². The fourth-order valence-electron chi connectivity index (χ4n) is 3.08. The molecule has 0 aliphatic heterocycles. The third-order valence-corrected chi connectivity index (χ3v) is 3.83. The van der Waals surface area contributed by atoms with Crippen LogP contribution in [0, 0.1) is 10.1 Å². The summed E-state index contributed by atoms with van der Waals surface area (Å²) in [6.45, 7) is 1.97. The monoisotopic (exact) mass is 262 g/mol. The number of ether oxygens (including phenoxy) is 1. The van der Waals surface area contributed by atoms with Crippen molar-refractivity contribution in [1.82, 2.24) is 4.98 Å². The van der Waals surface area contributed by atoms with E-state index in [1.54, 1.807) is 6.92 Å². The van der Waals surface area contributed by atoms with Crippen LogP contribution in [0.1, 0.15) is 53.2 Å². The van der Waals surface area contributed by atoms with Crippen LogP contribution in [0.15, 0.2) is 12.2 Å². The molecule has 0 radical (unpaired) electrons. The Bertz CT molecular complexity index is 588. The van der Waals surface area contributed by atoms with E-state index in [1.165, 1.54) is 0 Å². The number of nitrogens with zero attached hydrogens (tertiary/aromatic N) is 1. The van der Waals surface area contributed by atoms with E-state index in [2.05, 4.69) is 4.98 Å². The normalized spacial score (nSPS) is 23.2. The number of rotatable bonds is 3. The molecule has 4 rings (SSSR count). The number of hydrogen-bond acceptors (Lipinski definition) is 4. The zero-order valence-corrected chi connectivity index (χ0v) is 10.5. The molecule has 1 aromatic rings. The summed E-state index contributed by atoms with van der Waals surface area (Å²) in [5.41, 5.74) is 1.69. The van der Waals surface area contributed by atoms with Gasteiger partial charge in [0.2, 0.25) is 5.69 Å². The van der Waals surface area contributed by atoms with Crippen LogP contribution in [-0.2, 0) is 4.74 Å². The van der Waals surface area contributed by atoms with Crippen LogP contribution < -0.4 is 0 Å². The molecule has 0 amide bonds. The number of hydrogen-bond donors (Lipinski definition) is 1. The van der Waals surface area contributed by atoms with Gasteiger partial charge >= 0.3 is 11.8 Å². The summed E-state index contributed by atoms with van der Waals surface area (Å²) in [4.78, 5) is 25.3. The molecule has 0 aromatic carbocycles. The molecule has 0 saturated heterocycles. The number of H-pyrrole nitrogens is 1. The van der Waals surface area contributed by atoms with Gasteiger partial charge in [-0.1, -0.05) is 12.2 Å². The van der Waals surface area contributed by atoms with Crippen LogP contribution >= 0.6 is 0 Å². The molecule has 1 heterocycles. The summed E-state index contributed by atoms with van der Waals surface area (Å²) in [5.74, 6) is -0.436. The molecule has 2 atom stereocenters. The second kappa shape index (κ2) is 4.22. The molecule has 6 heteroatoms. The van der Waals surface area contributed by atoms with Gasteiger partial charge in [-0.05, 0) is 24.7 Å². The topological polar surface area (TPSA) is 85.2 Å². The van der Waals surface area contributed by atoms with Crippen molar-refractivity contribution in [3.8, 4) is 0 Å². The van der Waals surface area contributed by atoms with E-state index in [9.17, 15) is 14.9 Å². The quantitative estimate of drug-likeness (QED) is 0.392. The molecule has 2 unspecified atom stereocenters. The Hall–Kier alpha value is -2.11. The summed E-state index contributed by atoms with van der Waals surface area (Å²) in [5, 5.41) is 11.1. The Morgan fingerprint density at radius 2 is 2.05 bits per heavy atom. The van der Waals surface area contributed by atoms with Gasteiger partial charge < -0.3 is 14.9 Å². The maximum atomic E-state index is 11.9. The van der Waals surface area contributed by atoms with Crippen LogP contribution in [0.2, 0.25) is 0 Å². The standard InChI is InChI=1S/C13H14N2O4/c1-2-19-13(16)11-9-7-3-5-8(6-4-7)10(9)12(14-11)15(17)18/h3,5,7-8,14H,2,4,6H2,1H3. The van der Waals surface area contributed by atoms with Crippen molar-refractivity contribution in [3.05, 3.63) is 39.1 Å². The van der Waals surface area contributed by atoms with Gasteiger partial charge in [0.05, 0.1) is 12.2 Å². The minimum absolute atomic E-state index is 0.0415. The summed E-state index contributed by atoms with van der Waals surface area (Å²) in [6, 6.07) is 0. The first-order valence-electron chi connectivity index (χ1n) is 6.39. The fraction of sp³-hybridized carbons (Fsp3) is 0.462. The van der Waals surface area contributed by atoms with E-state index in [0.29, 0.717) is 5.56 Å². The Morgan fingerprint density at radius 1 is 1.42 bits per heavy atom. The molecule has 1 N–H and O–H groups in total. The maximum absolute atomic E-state index is 11.9. The number of carbonyl (C=O) groups is 1. The van der Waals surface area contributed by atoms with Crippen molar-refractivity contribution >= 4 is 11.8 Å². The lowest BCUT2D eigenvalue weighted by molar-refractivity contribution is -0.390. The van der Waals surface area contributed by atoms with Crippen molar-refractivity contribution in [2.45, 2.75) is 31.6 Å². The number of fused-ring (bicyclic) bond motifs is 1. The molecule has 100 valence electrons. The van der Waals surface area contributed by atoms with Crippen molar-refractivity contribution in [1.29, 1.82) is 0 Å². The third kappa shape index (κ3) is 1.67. The van der Waals surface area contributed by atoms with E-state index in [0.717, 1.165) is 18.4 Å². The summed E-state index contributed by atoms with van der Waals surface area (Å²) in [7, 11) is 0. The van der Waals surface area contributed by atoms with Gasteiger partial charge in [0, 0.05) is 17.4 Å². The van der Waals surface area contributed by atoms with E-state index in [4.69, 9.17) is 4.74 Å². The molecular weight excluding hydrogens is 248 g/mol. The number of esters is 1. The van der Waals surface area contributed by atoms with Crippen LogP contribution in [0.25, 0.3) is 0 Å². The zero-order chi connectivity index (χ0) is 13.6. The Kier molecular flexibility index (Phi) is 2.66. The third-order valence-electron chi connectivity index (χ3n) is 3.83. The number of nitrogens with one attached hydrogen (secondary N) is 1. The minimum Gasteiger partial charge on any atom is -0.460 e. The molecule has 0 spiro atoms. The maximum Gasteiger partial charge on any atom is 0.378 e. The second-order valence-corrected chi connectivity index (χ2v) is 4.83. The van der Waals surface area contributed by atoms with Gasteiger partial charge in [-0.2, -0.15) is 0 Å². The number of nitro groups is 1. The van der Waals surface area contributed by atoms with Crippen molar-refractivity contribution in [2.24, 2.45) is 0 Å². The first-order valence-corrected chi connectivity index (χ1v) is 6.39. The van der Waals surface area contributed by atoms with Gasteiger partial charge in [0.15, 0.2) is 0 Å². The highest BCUT2D eigenvalue weighted by atomic mass is 16.6. The summed E-state index contributed by atoms with van der Waals surface area (Å²) >= 11 is 0. The Labute approximate surface area is 109 Å². The highest BCUT2D eigenvalue weighted by Crippen LogP contribution is 2.50. The van der Waals surface area contributed by atoms with Crippen molar-refractivity contribution in [2.75, 3.05) is 6.61 Å². The number of carbonyl (C=O) groups excluding carboxylic acids is 1. The average molecular weight is 262 g/mol. The van der Waals surface area contributed by atoms with Crippen molar-refractivity contribution in [3.63, 3.8) is 0 Å². The predicted octanol–water partition coefficient (Wildman–Crippen LogP) is 2.63. The predicted molar refractivity (Wildman–Crippen MR) is 67.3 cm³/mol. The molecule has 6 nitrogen and oxygen atoms in total. The van der Waals surface area contributed by atoms with Gasteiger partial charge in [0.1, 0.15) is 0 Å². The fourth-order valence-corrected chi connectivity index (χ4v) is 3.08. The van der Waals surface area contributed by atoms with Crippen LogP contribution in [0.5, 0.6) is 0 Å². The molecule has 2 bridgehead atoms. The SMILES string of the molecule is CCOC(=O)c1[nH]c([N+](=O)[O-])c2c1C1C=CC2CC1. The first-order chi connectivity index (χ1) is 9.13. The highest BCUT2D eigenvalue weighted by molar-refractivity contribution is 5.91. The van der Waals surface area contributed by atoms with E-state index in [-0.39, 0.29) is 30.0 Å². The molecule has 3 aliphatic carbocycles. The van der Waals surface area contributed by atoms with E-state index >= 15 is 0 Å². The van der Waals surface area contributed by atoms with Gasteiger partial charge in [-0.25, -0.2) is 9.78 Å². The second-order valence-electron chi connectivity index (χ2n) is 4.83. The van der Waals surface area contributed by atoms with Gasteiger partial charge in [-0.3, -0.25) is 0 Å². The van der Waals surface area contributed by atoms with Crippen LogP contribution in [-0.4, -0.2) is 22.5 Å². The lowest BCUT2D eigenvalue weighted by atomic mass is 9.72. The molecule has 0 fully saturated rings. The van der Waals surface area contributed by atoms with Crippen LogP contribution in [0.3, 0.4) is 0 Å². The zero-order valence-electron chi connectivity index (χ0n) is 10.5. The molecule has 0 saturated carbocycles. The van der Waals surface area contributed by atoms with Crippen LogP contribution in [0.4, 0.5) is 5.82 Å². The molecule has 3 aliphatic rings. The number of aromatic amines is 1. The number of aromatic nitrogens is 1. The summed E-state index contributed by atoms with van der Waals surface area (Å²) < 4.78 is 4.98. The lowest BCUT2D eigenvalue weighted by Crippen LogP contribution is -2.19. The largest absolute Gasteiger partial charge is 0.460 e. The lowest BCUT2D eigenvalue weighted by Gasteiger charge is -2.30. The molecule has 1 aromatic heterocycles. The molecule has 19 heavy (non-hydrogen) atoms. The summed E-state index contributed by atoms with van der Waals surface area (Å²) in [6.07, 6.45) is 5.87. The van der Waals surface area contributed by atoms with Gasteiger partial charge in [0.25, 0.3) is 0 Å². The highest BCUT2D eigenvalue weighted by Gasteiger charge is 2.41. The number of allylic oxidation sites excluding steroid dienone is 2. The Balaban J connectivity index is 2.16. The first kappa shape index (κ1) is 12.0. The minimum atomic E-state index is -0.507. The molecular formula is C13H14N2O4. The Morgan fingerprint density at radius 3 is 2.58 bits per heavy atom. The van der Waals surface area contributed by atoms with Gasteiger partial charge in [-0.15, -0.1) is 0 Å². The van der Waals surface area contributed by atoms with Crippen molar-refractivity contribution < 1.29 is 14.5 Å².